The summed E-state index contributed by atoms with van der Waals surface area (Å²) in [7, 11) is 0. The van der Waals surface area contributed by atoms with Crippen molar-refractivity contribution in [1.82, 2.24) is 0 Å². The summed E-state index contributed by atoms with van der Waals surface area (Å²) in [6, 6.07) is 10.6. The second kappa shape index (κ2) is 5.31. The van der Waals surface area contributed by atoms with Crippen molar-refractivity contribution in [1.29, 1.82) is 0 Å². The summed E-state index contributed by atoms with van der Waals surface area (Å²) in [5, 5.41) is 9.53. The summed E-state index contributed by atoms with van der Waals surface area (Å²) < 4.78 is 14.0. The van der Waals surface area contributed by atoms with Gasteiger partial charge in [-0.25, -0.2) is 4.39 Å². The van der Waals surface area contributed by atoms with Crippen molar-refractivity contribution < 1.29 is 14.3 Å². The molecule has 2 aromatic rings. The van der Waals surface area contributed by atoms with Gasteiger partial charge in [0.15, 0.2) is 5.78 Å². The fourth-order valence-corrected chi connectivity index (χ4v) is 1.88. The Morgan fingerprint density at radius 3 is 2.50 bits per heavy atom. The van der Waals surface area contributed by atoms with Gasteiger partial charge in [0.25, 0.3) is 0 Å². The molecule has 0 aromatic heterocycles. The van der Waals surface area contributed by atoms with E-state index in [0.717, 1.165) is 22.2 Å². The number of Topliss-reactive ketones (excluding diaryl/α,β-unsaturated/α-hetero) is 1. The smallest absolute Gasteiger partial charge is 0.171 e. The van der Waals surface area contributed by atoms with Crippen molar-refractivity contribution in [2.24, 2.45) is 0 Å². The van der Waals surface area contributed by atoms with Crippen LogP contribution in [-0.4, -0.2) is 10.9 Å². The van der Waals surface area contributed by atoms with E-state index in [0.29, 0.717) is 0 Å². The van der Waals surface area contributed by atoms with Gasteiger partial charge in [0.2, 0.25) is 0 Å². The Morgan fingerprint density at radius 1 is 1.17 bits per heavy atom. The molecule has 4 heteroatoms. The third-order valence-electron chi connectivity index (χ3n) is 2.54. The Bertz CT molecular complexity index is 579. The number of phenols is 1. The van der Waals surface area contributed by atoms with Crippen LogP contribution in [0.2, 0.25) is 0 Å². The van der Waals surface area contributed by atoms with Crippen LogP contribution < -0.4 is 0 Å². The second-order valence-electron chi connectivity index (χ2n) is 3.89. The Labute approximate surface area is 112 Å². The topological polar surface area (TPSA) is 37.3 Å². The summed E-state index contributed by atoms with van der Waals surface area (Å²) in [5.41, 5.74) is 0.824. The number of carbonyl (C=O) groups is 1. The molecule has 0 radical (unpaired) electrons. The molecular weight excluding hydrogens is 299 g/mol. The van der Waals surface area contributed by atoms with E-state index < -0.39 is 5.82 Å². The van der Waals surface area contributed by atoms with Gasteiger partial charge in [-0.15, -0.1) is 0 Å². The summed E-state index contributed by atoms with van der Waals surface area (Å²) >= 11 is 3.30. The van der Waals surface area contributed by atoms with Crippen LogP contribution in [0.15, 0.2) is 46.9 Å². The second-order valence-corrected chi connectivity index (χ2v) is 4.80. The molecule has 0 saturated carbocycles. The van der Waals surface area contributed by atoms with Crippen LogP contribution in [0.25, 0.3) is 0 Å². The van der Waals surface area contributed by atoms with Crippen LogP contribution in [0.5, 0.6) is 5.75 Å². The minimum Gasteiger partial charge on any atom is -0.507 e. The fraction of sp³-hybridized carbons (Fsp3) is 0.0714. The van der Waals surface area contributed by atoms with Gasteiger partial charge >= 0.3 is 0 Å². The zero-order valence-corrected chi connectivity index (χ0v) is 10.9. The van der Waals surface area contributed by atoms with E-state index in [1.807, 2.05) is 12.1 Å². The van der Waals surface area contributed by atoms with Gasteiger partial charge in [-0.3, -0.25) is 4.79 Å². The number of halogens is 2. The Balaban J connectivity index is 2.21. The molecule has 2 rings (SSSR count). The maximum absolute atomic E-state index is 13.0. The molecular formula is C14H10BrFO2. The van der Waals surface area contributed by atoms with Crippen molar-refractivity contribution in [3.8, 4) is 5.75 Å². The van der Waals surface area contributed by atoms with Crippen molar-refractivity contribution in [2.45, 2.75) is 6.42 Å². The largest absolute Gasteiger partial charge is 0.507 e. The summed E-state index contributed by atoms with van der Waals surface area (Å²) in [5.74, 6) is -1.04. The van der Waals surface area contributed by atoms with Gasteiger partial charge in [0, 0.05) is 10.9 Å². The molecule has 0 fully saturated rings. The predicted octanol–water partition coefficient (Wildman–Crippen LogP) is 3.72. The third kappa shape index (κ3) is 2.96. The van der Waals surface area contributed by atoms with E-state index >= 15 is 0 Å². The zero-order valence-electron chi connectivity index (χ0n) is 9.36. The molecule has 2 aromatic carbocycles. The number of rotatable bonds is 3. The molecule has 0 unspecified atom stereocenters. The van der Waals surface area contributed by atoms with E-state index in [4.69, 9.17) is 0 Å². The van der Waals surface area contributed by atoms with E-state index in [9.17, 15) is 14.3 Å². The Kier molecular flexibility index (Phi) is 3.77. The molecule has 92 valence electrons. The fourth-order valence-electron chi connectivity index (χ4n) is 1.61. The summed E-state index contributed by atoms with van der Waals surface area (Å²) in [6.07, 6.45) is 0.129. The van der Waals surface area contributed by atoms with Crippen LogP contribution >= 0.6 is 15.9 Å². The molecule has 0 aliphatic carbocycles. The van der Waals surface area contributed by atoms with Gasteiger partial charge in [-0.05, 0) is 35.9 Å². The summed E-state index contributed by atoms with van der Waals surface area (Å²) in [6.45, 7) is 0. The molecule has 0 aliphatic rings. The van der Waals surface area contributed by atoms with Gasteiger partial charge < -0.3 is 5.11 Å². The van der Waals surface area contributed by atoms with Gasteiger partial charge in [-0.2, -0.15) is 0 Å². The number of aromatic hydroxyl groups is 1. The molecule has 1 N–H and O–H groups in total. The molecule has 0 bridgehead atoms. The molecule has 0 spiro atoms. The molecule has 2 nitrogen and oxygen atoms in total. The van der Waals surface area contributed by atoms with Gasteiger partial charge in [0.05, 0.1) is 5.56 Å². The first-order valence-electron chi connectivity index (χ1n) is 5.32. The van der Waals surface area contributed by atoms with E-state index in [-0.39, 0.29) is 23.5 Å². The zero-order chi connectivity index (χ0) is 13.1. The first kappa shape index (κ1) is 12.8. The lowest BCUT2D eigenvalue weighted by Gasteiger charge is -2.04. The lowest BCUT2D eigenvalue weighted by Crippen LogP contribution is -2.04. The average Bonchev–Trinajstić information content (AvgIpc) is 2.35. The number of hydrogen-bond acceptors (Lipinski definition) is 2. The molecule has 0 saturated heterocycles. The Hall–Kier alpha value is -1.68. The number of ketones is 1. The average molecular weight is 309 g/mol. The lowest BCUT2D eigenvalue weighted by molar-refractivity contribution is 0.0990. The molecule has 18 heavy (non-hydrogen) atoms. The lowest BCUT2D eigenvalue weighted by atomic mass is 10.0. The van der Waals surface area contributed by atoms with Crippen LogP contribution in [0, 0.1) is 5.82 Å². The van der Waals surface area contributed by atoms with Crippen molar-refractivity contribution in [2.75, 3.05) is 0 Å². The number of phenolic OH excluding ortho intramolecular Hbond substituents is 1. The molecule has 0 aliphatic heterocycles. The first-order valence-corrected chi connectivity index (χ1v) is 6.12. The van der Waals surface area contributed by atoms with E-state index in [1.165, 1.54) is 6.07 Å². The van der Waals surface area contributed by atoms with Crippen molar-refractivity contribution in [3.63, 3.8) is 0 Å². The van der Waals surface area contributed by atoms with Crippen LogP contribution in [0.1, 0.15) is 15.9 Å². The highest BCUT2D eigenvalue weighted by Crippen LogP contribution is 2.20. The van der Waals surface area contributed by atoms with Crippen molar-refractivity contribution in [3.05, 3.63) is 63.9 Å². The monoisotopic (exact) mass is 308 g/mol. The standard InChI is InChI=1S/C14H10BrFO2/c15-10-3-1-9(2-4-10)7-14(18)12-8-11(16)5-6-13(12)17/h1-6,8,17H,7H2. The van der Waals surface area contributed by atoms with E-state index in [1.54, 1.807) is 12.1 Å². The van der Waals surface area contributed by atoms with E-state index in [2.05, 4.69) is 15.9 Å². The van der Waals surface area contributed by atoms with Crippen LogP contribution in [0.3, 0.4) is 0 Å². The quantitative estimate of drug-likeness (QED) is 0.877. The molecule has 0 atom stereocenters. The molecule has 0 heterocycles. The number of carbonyl (C=O) groups excluding carboxylic acids is 1. The third-order valence-corrected chi connectivity index (χ3v) is 3.07. The van der Waals surface area contributed by atoms with Crippen LogP contribution in [0.4, 0.5) is 4.39 Å². The minimum atomic E-state index is -0.535. The SMILES string of the molecule is O=C(Cc1ccc(Br)cc1)c1cc(F)ccc1O. The Morgan fingerprint density at radius 2 is 1.83 bits per heavy atom. The van der Waals surface area contributed by atoms with Gasteiger partial charge in [0.1, 0.15) is 11.6 Å². The van der Waals surface area contributed by atoms with Crippen LogP contribution in [-0.2, 0) is 6.42 Å². The number of benzene rings is 2. The highest BCUT2D eigenvalue weighted by Gasteiger charge is 2.12. The molecule has 0 amide bonds. The predicted molar refractivity (Wildman–Crippen MR) is 70.2 cm³/mol. The number of hydrogen-bond donors (Lipinski definition) is 1. The minimum absolute atomic E-state index is 0.0120. The van der Waals surface area contributed by atoms with Gasteiger partial charge in [-0.1, -0.05) is 28.1 Å². The maximum Gasteiger partial charge on any atom is 0.171 e. The van der Waals surface area contributed by atoms with Crippen molar-refractivity contribution >= 4 is 21.7 Å². The normalized spacial score (nSPS) is 10.3. The maximum atomic E-state index is 13.0. The first-order chi connectivity index (χ1) is 8.56. The highest BCUT2D eigenvalue weighted by molar-refractivity contribution is 9.10. The summed E-state index contributed by atoms with van der Waals surface area (Å²) in [4.78, 5) is 11.9. The highest BCUT2D eigenvalue weighted by atomic mass is 79.9.